The van der Waals surface area contributed by atoms with Gasteiger partial charge in [-0.15, -0.1) is 0 Å². The van der Waals surface area contributed by atoms with Gasteiger partial charge in [-0.05, 0) is 30.7 Å². The SMILES string of the molecule is C[C@H]1Oc2cc([N+](=O)[O-])cc3c2C1=Cc1ccc(OCc2ccccc2)cc1O3. The molecule has 0 saturated carbocycles. The van der Waals surface area contributed by atoms with Gasteiger partial charge in [0.05, 0.1) is 22.6 Å². The largest absolute Gasteiger partial charge is 0.489 e. The van der Waals surface area contributed by atoms with E-state index < -0.39 is 4.92 Å². The van der Waals surface area contributed by atoms with Crippen LogP contribution in [0, 0.1) is 10.1 Å². The van der Waals surface area contributed by atoms with Crippen LogP contribution in [0.3, 0.4) is 0 Å². The molecule has 0 fully saturated rings. The molecule has 2 aliphatic rings. The number of ether oxygens (including phenoxy) is 3. The predicted molar refractivity (Wildman–Crippen MR) is 108 cm³/mol. The second-order valence-corrected chi connectivity index (χ2v) is 7.01. The molecule has 0 spiro atoms. The molecule has 5 rings (SSSR count). The van der Waals surface area contributed by atoms with Crippen LogP contribution in [-0.2, 0) is 6.61 Å². The fraction of sp³-hybridized carbons (Fsp3) is 0.130. The summed E-state index contributed by atoms with van der Waals surface area (Å²) >= 11 is 0. The molecule has 0 aliphatic carbocycles. The van der Waals surface area contributed by atoms with E-state index in [0.29, 0.717) is 29.6 Å². The molecular weight excluding hydrogens is 370 g/mol. The summed E-state index contributed by atoms with van der Waals surface area (Å²) in [5, 5.41) is 11.3. The normalized spacial score (nSPS) is 15.9. The standard InChI is InChI=1S/C23H17NO5/c1-14-19-9-16-7-8-18(27-13-15-5-3-2-4-6-15)12-20(16)29-22-11-17(24(25)26)10-21(28-14)23(19)22/h2-12,14H,13H2,1H3/t14-/m1/s1. The van der Waals surface area contributed by atoms with E-state index in [1.54, 1.807) is 0 Å². The molecule has 144 valence electrons. The molecule has 1 atom stereocenters. The number of fused-ring (bicyclic) bond motifs is 1. The highest BCUT2D eigenvalue weighted by Crippen LogP contribution is 2.50. The number of benzene rings is 3. The molecule has 0 amide bonds. The second-order valence-electron chi connectivity index (χ2n) is 7.01. The molecule has 0 bridgehead atoms. The summed E-state index contributed by atoms with van der Waals surface area (Å²) in [6, 6.07) is 18.4. The van der Waals surface area contributed by atoms with E-state index >= 15 is 0 Å². The van der Waals surface area contributed by atoms with Gasteiger partial charge in [-0.2, -0.15) is 0 Å². The van der Waals surface area contributed by atoms with Gasteiger partial charge in [-0.25, -0.2) is 0 Å². The molecule has 3 aromatic carbocycles. The number of non-ortho nitro benzene ring substituents is 1. The fourth-order valence-electron chi connectivity index (χ4n) is 3.63. The van der Waals surface area contributed by atoms with Crippen LogP contribution in [0.15, 0.2) is 60.7 Å². The highest BCUT2D eigenvalue weighted by molar-refractivity contribution is 5.94. The van der Waals surface area contributed by atoms with E-state index in [1.165, 1.54) is 12.1 Å². The number of nitro benzene ring substituents is 1. The van der Waals surface area contributed by atoms with Gasteiger partial charge in [0.2, 0.25) is 0 Å². The molecule has 29 heavy (non-hydrogen) atoms. The zero-order valence-corrected chi connectivity index (χ0v) is 15.6. The third kappa shape index (κ3) is 3.08. The van der Waals surface area contributed by atoms with Crippen molar-refractivity contribution >= 4 is 17.3 Å². The Kier molecular flexibility index (Phi) is 3.98. The summed E-state index contributed by atoms with van der Waals surface area (Å²) in [5.74, 6) is 2.15. The Balaban J connectivity index is 1.52. The summed E-state index contributed by atoms with van der Waals surface area (Å²) in [5.41, 5.74) is 3.59. The lowest BCUT2D eigenvalue weighted by molar-refractivity contribution is -0.385. The number of hydrogen-bond donors (Lipinski definition) is 0. The van der Waals surface area contributed by atoms with Crippen LogP contribution < -0.4 is 14.2 Å². The predicted octanol–water partition coefficient (Wildman–Crippen LogP) is 5.60. The molecule has 0 saturated heterocycles. The van der Waals surface area contributed by atoms with Crippen molar-refractivity contribution in [3.05, 3.63) is 87.5 Å². The molecule has 6 heteroatoms. The minimum absolute atomic E-state index is 0.0628. The van der Waals surface area contributed by atoms with E-state index in [2.05, 4.69) is 0 Å². The van der Waals surface area contributed by atoms with Gasteiger partial charge in [0, 0.05) is 17.2 Å². The maximum Gasteiger partial charge on any atom is 0.276 e. The monoisotopic (exact) mass is 387 g/mol. The maximum absolute atomic E-state index is 11.3. The van der Waals surface area contributed by atoms with Crippen molar-refractivity contribution in [2.75, 3.05) is 0 Å². The van der Waals surface area contributed by atoms with Crippen molar-refractivity contribution in [2.45, 2.75) is 19.6 Å². The quantitative estimate of drug-likeness (QED) is 0.430. The Labute approximate surface area is 167 Å². The Morgan fingerprint density at radius 3 is 2.62 bits per heavy atom. The molecule has 0 unspecified atom stereocenters. The summed E-state index contributed by atoms with van der Waals surface area (Å²) in [7, 11) is 0. The molecule has 2 heterocycles. The van der Waals surface area contributed by atoms with Crippen molar-refractivity contribution in [1.82, 2.24) is 0 Å². The summed E-state index contributed by atoms with van der Waals surface area (Å²) in [6.07, 6.45) is 1.80. The van der Waals surface area contributed by atoms with Gasteiger partial charge in [0.1, 0.15) is 35.7 Å². The van der Waals surface area contributed by atoms with Gasteiger partial charge in [0.15, 0.2) is 0 Å². The first-order valence-corrected chi connectivity index (χ1v) is 9.28. The number of rotatable bonds is 4. The van der Waals surface area contributed by atoms with Gasteiger partial charge in [-0.1, -0.05) is 30.3 Å². The summed E-state index contributed by atoms with van der Waals surface area (Å²) in [6.45, 7) is 2.36. The van der Waals surface area contributed by atoms with Crippen LogP contribution in [0.1, 0.15) is 23.6 Å². The van der Waals surface area contributed by atoms with Crippen molar-refractivity contribution < 1.29 is 19.1 Å². The summed E-state index contributed by atoms with van der Waals surface area (Å²) in [4.78, 5) is 10.9. The summed E-state index contributed by atoms with van der Waals surface area (Å²) < 4.78 is 17.8. The van der Waals surface area contributed by atoms with Crippen molar-refractivity contribution in [3.63, 3.8) is 0 Å². The van der Waals surface area contributed by atoms with Gasteiger partial charge in [0.25, 0.3) is 5.69 Å². The smallest absolute Gasteiger partial charge is 0.276 e. The lowest BCUT2D eigenvalue weighted by Crippen LogP contribution is -2.05. The molecule has 3 aromatic rings. The fourth-order valence-corrected chi connectivity index (χ4v) is 3.63. The first kappa shape index (κ1) is 17.3. The van der Waals surface area contributed by atoms with Gasteiger partial charge in [-0.3, -0.25) is 10.1 Å². The Bertz CT molecular complexity index is 1150. The number of nitro groups is 1. The minimum Gasteiger partial charge on any atom is -0.489 e. The Hall–Kier alpha value is -3.80. The molecule has 0 radical (unpaired) electrons. The van der Waals surface area contributed by atoms with E-state index in [1.807, 2.05) is 61.5 Å². The number of hydrogen-bond acceptors (Lipinski definition) is 5. The lowest BCUT2D eigenvalue weighted by Gasteiger charge is -2.12. The molecular formula is C23H17NO5. The van der Waals surface area contributed by atoms with Crippen LogP contribution in [-0.4, -0.2) is 11.0 Å². The van der Waals surface area contributed by atoms with Crippen molar-refractivity contribution in [2.24, 2.45) is 0 Å². The van der Waals surface area contributed by atoms with Crippen LogP contribution in [0.2, 0.25) is 0 Å². The average molecular weight is 387 g/mol. The van der Waals surface area contributed by atoms with Gasteiger partial charge < -0.3 is 14.2 Å². The third-order valence-corrected chi connectivity index (χ3v) is 5.06. The van der Waals surface area contributed by atoms with Gasteiger partial charge >= 0.3 is 0 Å². The zero-order chi connectivity index (χ0) is 20.0. The van der Waals surface area contributed by atoms with Crippen LogP contribution in [0.5, 0.6) is 23.0 Å². The van der Waals surface area contributed by atoms with Crippen LogP contribution >= 0.6 is 0 Å². The molecule has 6 nitrogen and oxygen atoms in total. The minimum atomic E-state index is -0.443. The highest BCUT2D eigenvalue weighted by Gasteiger charge is 2.33. The van der Waals surface area contributed by atoms with E-state index in [0.717, 1.165) is 22.3 Å². The highest BCUT2D eigenvalue weighted by atomic mass is 16.6. The molecule has 2 aliphatic heterocycles. The van der Waals surface area contributed by atoms with Crippen molar-refractivity contribution in [1.29, 1.82) is 0 Å². The van der Waals surface area contributed by atoms with E-state index in [-0.39, 0.29) is 11.8 Å². The lowest BCUT2D eigenvalue weighted by atomic mass is 10.00. The van der Waals surface area contributed by atoms with Crippen LogP contribution in [0.4, 0.5) is 5.69 Å². The van der Waals surface area contributed by atoms with E-state index in [4.69, 9.17) is 14.2 Å². The van der Waals surface area contributed by atoms with Crippen LogP contribution in [0.25, 0.3) is 11.6 Å². The maximum atomic E-state index is 11.3. The first-order valence-electron chi connectivity index (χ1n) is 9.28. The number of nitrogens with zero attached hydrogens (tertiary/aromatic N) is 1. The van der Waals surface area contributed by atoms with E-state index in [9.17, 15) is 10.1 Å². The first-order chi connectivity index (χ1) is 14.1. The second kappa shape index (κ2) is 6.67. The Morgan fingerprint density at radius 1 is 1.03 bits per heavy atom. The molecule has 0 N–H and O–H groups in total. The topological polar surface area (TPSA) is 70.8 Å². The third-order valence-electron chi connectivity index (χ3n) is 5.06. The van der Waals surface area contributed by atoms with Crippen molar-refractivity contribution in [3.8, 4) is 23.0 Å². The molecule has 0 aromatic heterocycles. The Morgan fingerprint density at radius 2 is 1.83 bits per heavy atom. The zero-order valence-electron chi connectivity index (χ0n) is 15.6. The average Bonchev–Trinajstić information content (AvgIpc) is 2.93.